The zero-order valence-corrected chi connectivity index (χ0v) is 9.12. The molecule has 1 amide bonds. The molecule has 1 aliphatic carbocycles. The van der Waals surface area contributed by atoms with E-state index in [0.29, 0.717) is 6.42 Å². The number of rotatable bonds is 4. The van der Waals surface area contributed by atoms with Gasteiger partial charge in [-0.25, -0.2) is 8.78 Å². The first kappa shape index (κ1) is 12.0. The van der Waals surface area contributed by atoms with E-state index >= 15 is 0 Å². The molecule has 0 spiro atoms. The van der Waals surface area contributed by atoms with Crippen LogP contribution in [0.2, 0.25) is 0 Å². The minimum Gasteiger partial charge on any atom is -0.395 e. The zero-order valence-electron chi connectivity index (χ0n) is 9.12. The zero-order chi connectivity index (χ0) is 12.4. The second-order valence-corrected chi connectivity index (χ2v) is 4.11. The summed E-state index contributed by atoms with van der Waals surface area (Å²) < 4.78 is 26.4. The molecule has 1 aromatic rings. The fraction of sp³-hybridized carbons (Fsp3) is 0.417. The number of benzene rings is 1. The molecule has 0 saturated heterocycles. The van der Waals surface area contributed by atoms with Crippen molar-refractivity contribution in [1.29, 1.82) is 0 Å². The molecule has 0 aromatic heterocycles. The van der Waals surface area contributed by atoms with Gasteiger partial charge in [0, 0.05) is 12.5 Å². The van der Waals surface area contributed by atoms with E-state index in [1.807, 2.05) is 0 Å². The largest absolute Gasteiger partial charge is 0.395 e. The lowest BCUT2D eigenvalue weighted by molar-refractivity contribution is -0.122. The maximum atomic E-state index is 13.4. The Balaban J connectivity index is 2.03. The van der Waals surface area contributed by atoms with Crippen molar-refractivity contribution in [1.82, 2.24) is 5.32 Å². The number of aliphatic hydroxyl groups is 1. The lowest BCUT2D eigenvalue weighted by Crippen LogP contribution is -2.28. The molecule has 2 N–H and O–H groups in total. The Morgan fingerprint density at radius 1 is 1.47 bits per heavy atom. The SMILES string of the molecule is O=C(NCCO)C1CC1c1cccc(F)c1F. The quantitative estimate of drug-likeness (QED) is 0.831. The molecule has 0 radical (unpaired) electrons. The minimum absolute atomic E-state index is 0.128. The van der Waals surface area contributed by atoms with E-state index < -0.39 is 11.6 Å². The molecule has 17 heavy (non-hydrogen) atoms. The Labute approximate surface area is 97.5 Å². The Morgan fingerprint density at radius 2 is 2.24 bits per heavy atom. The first-order chi connectivity index (χ1) is 8.15. The fourth-order valence-electron chi connectivity index (χ4n) is 1.95. The van der Waals surface area contributed by atoms with Gasteiger partial charge in [-0.1, -0.05) is 12.1 Å². The number of amides is 1. The third-order valence-corrected chi connectivity index (χ3v) is 2.92. The second kappa shape index (κ2) is 4.79. The molecule has 92 valence electrons. The molecule has 1 aliphatic rings. The molecular formula is C12H13F2NO2. The second-order valence-electron chi connectivity index (χ2n) is 4.11. The maximum Gasteiger partial charge on any atom is 0.223 e. The van der Waals surface area contributed by atoms with Gasteiger partial charge in [-0.15, -0.1) is 0 Å². The average molecular weight is 241 g/mol. The predicted molar refractivity (Wildman–Crippen MR) is 57.3 cm³/mol. The normalized spacial score (nSPS) is 22.3. The van der Waals surface area contributed by atoms with Gasteiger partial charge in [0.1, 0.15) is 0 Å². The van der Waals surface area contributed by atoms with Crippen LogP contribution in [0.3, 0.4) is 0 Å². The number of carbonyl (C=O) groups excluding carboxylic acids is 1. The van der Waals surface area contributed by atoms with Crippen molar-refractivity contribution in [3.63, 3.8) is 0 Å². The molecular weight excluding hydrogens is 228 g/mol. The van der Waals surface area contributed by atoms with Gasteiger partial charge in [-0.2, -0.15) is 0 Å². The van der Waals surface area contributed by atoms with E-state index in [1.165, 1.54) is 12.1 Å². The molecule has 0 bridgehead atoms. The summed E-state index contributed by atoms with van der Waals surface area (Å²) in [4.78, 5) is 11.5. The highest BCUT2D eigenvalue weighted by Gasteiger charge is 2.45. The Hall–Kier alpha value is -1.49. The van der Waals surface area contributed by atoms with Gasteiger partial charge in [0.25, 0.3) is 0 Å². The first-order valence-corrected chi connectivity index (χ1v) is 5.47. The van der Waals surface area contributed by atoms with Crippen LogP contribution in [0, 0.1) is 17.6 Å². The van der Waals surface area contributed by atoms with Gasteiger partial charge in [-0.05, 0) is 24.0 Å². The van der Waals surface area contributed by atoms with Gasteiger partial charge in [0.05, 0.1) is 6.61 Å². The van der Waals surface area contributed by atoms with Crippen molar-refractivity contribution in [2.75, 3.05) is 13.2 Å². The van der Waals surface area contributed by atoms with Gasteiger partial charge in [0.15, 0.2) is 11.6 Å². The van der Waals surface area contributed by atoms with E-state index in [9.17, 15) is 13.6 Å². The minimum atomic E-state index is -0.885. The smallest absolute Gasteiger partial charge is 0.223 e. The van der Waals surface area contributed by atoms with Crippen LogP contribution >= 0.6 is 0 Å². The molecule has 0 aliphatic heterocycles. The van der Waals surface area contributed by atoms with Crippen LogP contribution < -0.4 is 5.32 Å². The summed E-state index contributed by atoms with van der Waals surface area (Å²) >= 11 is 0. The third kappa shape index (κ3) is 2.44. The summed E-state index contributed by atoms with van der Waals surface area (Å²) in [6.07, 6.45) is 0.525. The molecule has 3 nitrogen and oxygen atoms in total. The lowest BCUT2D eigenvalue weighted by Gasteiger charge is -2.04. The van der Waals surface area contributed by atoms with Crippen LogP contribution in [-0.2, 0) is 4.79 Å². The molecule has 2 unspecified atom stereocenters. The topological polar surface area (TPSA) is 49.3 Å². The number of carbonyl (C=O) groups is 1. The molecule has 1 saturated carbocycles. The molecule has 2 rings (SSSR count). The van der Waals surface area contributed by atoms with Crippen molar-refractivity contribution in [3.05, 3.63) is 35.4 Å². The number of nitrogens with one attached hydrogen (secondary N) is 1. The summed E-state index contributed by atoms with van der Waals surface area (Å²) in [5.41, 5.74) is 0.258. The third-order valence-electron chi connectivity index (χ3n) is 2.92. The van der Waals surface area contributed by atoms with Crippen LogP contribution in [0.25, 0.3) is 0 Å². The summed E-state index contributed by atoms with van der Waals surface area (Å²) in [7, 11) is 0. The van der Waals surface area contributed by atoms with Gasteiger partial charge >= 0.3 is 0 Å². The molecule has 0 heterocycles. The van der Waals surface area contributed by atoms with E-state index in [1.54, 1.807) is 0 Å². The van der Waals surface area contributed by atoms with E-state index in [4.69, 9.17) is 5.11 Å². The van der Waals surface area contributed by atoms with Crippen molar-refractivity contribution in [2.45, 2.75) is 12.3 Å². The molecule has 1 fully saturated rings. The molecule has 2 atom stereocenters. The fourth-order valence-corrected chi connectivity index (χ4v) is 1.95. The predicted octanol–water partition coefficient (Wildman–Crippen LogP) is 1.18. The van der Waals surface area contributed by atoms with E-state index in [-0.39, 0.29) is 36.5 Å². The van der Waals surface area contributed by atoms with Crippen molar-refractivity contribution >= 4 is 5.91 Å². The number of hydrogen-bond donors (Lipinski definition) is 2. The van der Waals surface area contributed by atoms with Gasteiger partial charge in [-0.3, -0.25) is 4.79 Å². The van der Waals surface area contributed by atoms with Crippen LogP contribution in [0.1, 0.15) is 17.9 Å². The summed E-state index contributed by atoms with van der Waals surface area (Å²) in [6, 6.07) is 4.00. The number of hydrogen-bond acceptors (Lipinski definition) is 2. The van der Waals surface area contributed by atoms with Crippen molar-refractivity contribution in [3.8, 4) is 0 Å². The standard InChI is InChI=1S/C12H13F2NO2/c13-10-3-1-2-7(11(10)14)8-6-9(8)12(17)15-4-5-16/h1-3,8-9,16H,4-6H2,(H,15,17). The van der Waals surface area contributed by atoms with E-state index in [2.05, 4.69) is 5.32 Å². The lowest BCUT2D eigenvalue weighted by atomic mass is 10.1. The number of aliphatic hydroxyl groups excluding tert-OH is 1. The van der Waals surface area contributed by atoms with Gasteiger partial charge in [0.2, 0.25) is 5.91 Å². The maximum absolute atomic E-state index is 13.4. The van der Waals surface area contributed by atoms with Gasteiger partial charge < -0.3 is 10.4 Å². The Kier molecular flexibility index (Phi) is 3.38. The Morgan fingerprint density at radius 3 is 2.94 bits per heavy atom. The monoisotopic (exact) mass is 241 g/mol. The summed E-state index contributed by atoms with van der Waals surface area (Å²) in [5, 5.41) is 11.1. The van der Waals surface area contributed by atoms with Crippen LogP contribution in [-0.4, -0.2) is 24.2 Å². The van der Waals surface area contributed by atoms with E-state index in [0.717, 1.165) is 6.07 Å². The van der Waals surface area contributed by atoms with Crippen LogP contribution in [0.15, 0.2) is 18.2 Å². The van der Waals surface area contributed by atoms with Crippen molar-refractivity contribution < 1.29 is 18.7 Å². The highest BCUT2D eigenvalue weighted by molar-refractivity contribution is 5.82. The van der Waals surface area contributed by atoms with Crippen LogP contribution in [0.5, 0.6) is 0 Å². The number of halogens is 2. The van der Waals surface area contributed by atoms with Crippen molar-refractivity contribution in [2.24, 2.45) is 5.92 Å². The molecule has 5 heteroatoms. The summed E-state index contributed by atoms with van der Waals surface area (Å²) in [6.45, 7) is 0.0607. The Bertz CT molecular complexity index is 437. The highest BCUT2D eigenvalue weighted by atomic mass is 19.2. The molecule has 1 aromatic carbocycles. The first-order valence-electron chi connectivity index (χ1n) is 5.47. The average Bonchev–Trinajstić information content (AvgIpc) is 3.09. The highest BCUT2D eigenvalue weighted by Crippen LogP contribution is 2.48. The summed E-state index contributed by atoms with van der Waals surface area (Å²) in [5.74, 6) is -2.52. The van der Waals surface area contributed by atoms with Crippen LogP contribution in [0.4, 0.5) is 8.78 Å².